The molecule has 0 spiro atoms. The van der Waals surface area contributed by atoms with Gasteiger partial charge in [-0.2, -0.15) is 9.36 Å². The highest BCUT2D eigenvalue weighted by Crippen LogP contribution is 2.22. The number of nitrogens with zero attached hydrogens (tertiary/aromatic N) is 2. The van der Waals surface area contributed by atoms with Gasteiger partial charge in [-0.05, 0) is 12.1 Å². The molecule has 0 unspecified atom stereocenters. The monoisotopic (exact) mass is 269 g/mol. The van der Waals surface area contributed by atoms with Crippen LogP contribution in [-0.2, 0) is 0 Å². The topological polar surface area (TPSA) is 37.8 Å². The normalized spacial score (nSPS) is 10.1. The second kappa shape index (κ2) is 4.06. The summed E-state index contributed by atoms with van der Waals surface area (Å²) in [4.78, 5) is 4.31. The summed E-state index contributed by atoms with van der Waals surface area (Å²) in [7, 11) is 1.84. The third-order valence-corrected chi connectivity index (χ3v) is 3.00. The van der Waals surface area contributed by atoms with Gasteiger partial charge in [0.05, 0.1) is 0 Å². The number of aromatic nitrogens is 2. The summed E-state index contributed by atoms with van der Waals surface area (Å²) < 4.78 is 5.30. The second-order valence-electron chi connectivity index (χ2n) is 2.68. The van der Waals surface area contributed by atoms with Gasteiger partial charge in [-0.25, -0.2) is 0 Å². The van der Waals surface area contributed by atoms with Crippen LogP contribution in [0.1, 0.15) is 0 Å². The predicted molar refractivity (Wildman–Crippen MR) is 62.6 cm³/mol. The van der Waals surface area contributed by atoms with E-state index in [-0.39, 0.29) is 0 Å². The molecule has 0 fully saturated rings. The van der Waals surface area contributed by atoms with Gasteiger partial charge in [0.15, 0.2) is 5.82 Å². The van der Waals surface area contributed by atoms with Crippen molar-refractivity contribution in [3.63, 3.8) is 0 Å². The minimum Gasteiger partial charge on any atom is -0.363 e. The number of hydrogen-bond donors (Lipinski definition) is 1. The molecule has 1 N–H and O–H groups in total. The molecule has 3 nitrogen and oxygen atoms in total. The van der Waals surface area contributed by atoms with Gasteiger partial charge in [-0.15, -0.1) is 0 Å². The highest BCUT2D eigenvalue weighted by molar-refractivity contribution is 9.10. The molecule has 0 amide bonds. The molecule has 0 saturated carbocycles. The van der Waals surface area contributed by atoms with Crippen molar-refractivity contribution in [3.8, 4) is 11.4 Å². The maximum atomic E-state index is 4.31. The molecule has 0 aliphatic rings. The van der Waals surface area contributed by atoms with Crippen LogP contribution in [0.15, 0.2) is 28.7 Å². The quantitative estimate of drug-likeness (QED) is 0.911. The van der Waals surface area contributed by atoms with Crippen LogP contribution in [0.25, 0.3) is 11.4 Å². The zero-order valence-corrected chi connectivity index (χ0v) is 9.89. The summed E-state index contributed by atoms with van der Waals surface area (Å²) in [5, 5.41) is 3.80. The van der Waals surface area contributed by atoms with Gasteiger partial charge >= 0.3 is 0 Å². The van der Waals surface area contributed by atoms with E-state index < -0.39 is 0 Å². The van der Waals surface area contributed by atoms with Crippen LogP contribution in [-0.4, -0.2) is 16.4 Å². The van der Waals surface area contributed by atoms with Crippen LogP contribution in [0, 0.1) is 0 Å². The first kappa shape index (κ1) is 9.61. The number of nitrogens with one attached hydrogen (secondary N) is 1. The molecule has 0 aliphatic heterocycles. The molecule has 2 aromatic rings. The fraction of sp³-hybridized carbons (Fsp3) is 0.111. The maximum Gasteiger partial charge on any atom is 0.202 e. The van der Waals surface area contributed by atoms with Crippen LogP contribution >= 0.6 is 27.5 Å². The predicted octanol–water partition coefficient (Wildman–Crippen LogP) is 3.01. The van der Waals surface area contributed by atoms with Crippen LogP contribution in [0.3, 0.4) is 0 Å². The molecule has 1 aromatic carbocycles. The third-order valence-electron chi connectivity index (χ3n) is 1.74. The molecular weight excluding hydrogens is 262 g/mol. The Kier molecular flexibility index (Phi) is 2.79. The highest BCUT2D eigenvalue weighted by atomic mass is 79.9. The average Bonchev–Trinajstić information content (AvgIpc) is 2.67. The van der Waals surface area contributed by atoms with Gasteiger partial charge in [0.2, 0.25) is 5.13 Å². The molecule has 0 bridgehead atoms. The molecular formula is C9H8BrN3S. The molecule has 1 aromatic heterocycles. The highest BCUT2D eigenvalue weighted by Gasteiger charge is 2.04. The van der Waals surface area contributed by atoms with Gasteiger partial charge in [0.1, 0.15) is 0 Å². The number of benzene rings is 1. The zero-order valence-electron chi connectivity index (χ0n) is 7.49. The molecule has 72 valence electrons. The molecule has 0 saturated heterocycles. The minimum absolute atomic E-state index is 0.770. The Labute approximate surface area is 94.5 Å². The molecule has 1 heterocycles. The van der Waals surface area contributed by atoms with Crippen molar-refractivity contribution in [1.29, 1.82) is 0 Å². The van der Waals surface area contributed by atoms with Crippen molar-refractivity contribution in [2.24, 2.45) is 0 Å². The number of hydrogen-bond acceptors (Lipinski definition) is 4. The van der Waals surface area contributed by atoms with Crippen molar-refractivity contribution in [3.05, 3.63) is 28.7 Å². The first-order valence-electron chi connectivity index (χ1n) is 4.07. The van der Waals surface area contributed by atoms with Crippen molar-refractivity contribution in [1.82, 2.24) is 9.36 Å². The lowest BCUT2D eigenvalue weighted by molar-refractivity contribution is 1.30. The van der Waals surface area contributed by atoms with Gasteiger partial charge in [-0.3, -0.25) is 0 Å². The Hall–Kier alpha value is -0.940. The van der Waals surface area contributed by atoms with Crippen molar-refractivity contribution in [2.45, 2.75) is 0 Å². The van der Waals surface area contributed by atoms with Crippen LogP contribution in [0.2, 0.25) is 0 Å². The van der Waals surface area contributed by atoms with Gasteiger partial charge < -0.3 is 5.32 Å². The number of rotatable bonds is 2. The SMILES string of the molecule is CNc1nc(-c2ccc(Br)cc2)ns1. The first-order valence-corrected chi connectivity index (χ1v) is 5.63. The van der Waals surface area contributed by atoms with Crippen LogP contribution < -0.4 is 5.32 Å². The van der Waals surface area contributed by atoms with E-state index in [9.17, 15) is 0 Å². The Bertz CT molecular complexity index is 424. The fourth-order valence-electron chi connectivity index (χ4n) is 1.04. The van der Waals surface area contributed by atoms with E-state index >= 15 is 0 Å². The number of anilines is 1. The summed E-state index contributed by atoms with van der Waals surface area (Å²) in [6, 6.07) is 7.95. The van der Waals surface area contributed by atoms with Gasteiger partial charge in [0.25, 0.3) is 0 Å². The lowest BCUT2D eigenvalue weighted by Crippen LogP contribution is -1.86. The Morgan fingerprint density at radius 3 is 2.57 bits per heavy atom. The summed E-state index contributed by atoms with van der Waals surface area (Å²) in [6.45, 7) is 0. The first-order chi connectivity index (χ1) is 6.79. The van der Waals surface area contributed by atoms with Gasteiger partial charge in [0, 0.05) is 28.6 Å². The molecule has 0 radical (unpaired) electrons. The fourth-order valence-corrected chi connectivity index (χ4v) is 1.84. The Morgan fingerprint density at radius 1 is 1.29 bits per heavy atom. The van der Waals surface area contributed by atoms with E-state index in [0.29, 0.717) is 0 Å². The minimum atomic E-state index is 0.770. The maximum absolute atomic E-state index is 4.31. The lowest BCUT2D eigenvalue weighted by Gasteiger charge is -1.94. The molecule has 0 atom stereocenters. The largest absolute Gasteiger partial charge is 0.363 e. The van der Waals surface area contributed by atoms with Crippen LogP contribution in [0.5, 0.6) is 0 Å². The molecule has 2 rings (SSSR count). The smallest absolute Gasteiger partial charge is 0.202 e. The zero-order chi connectivity index (χ0) is 9.97. The van der Waals surface area contributed by atoms with Crippen molar-refractivity contribution in [2.75, 3.05) is 12.4 Å². The third kappa shape index (κ3) is 1.93. The Morgan fingerprint density at radius 2 is 2.00 bits per heavy atom. The summed E-state index contributed by atoms with van der Waals surface area (Å²) in [5.74, 6) is 0.770. The second-order valence-corrected chi connectivity index (χ2v) is 4.35. The summed E-state index contributed by atoms with van der Waals surface area (Å²) in [6.07, 6.45) is 0. The van der Waals surface area contributed by atoms with E-state index in [1.165, 1.54) is 11.5 Å². The van der Waals surface area contributed by atoms with Crippen molar-refractivity contribution >= 4 is 32.6 Å². The van der Waals surface area contributed by atoms with Crippen molar-refractivity contribution < 1.29 is 0 Å². The Balaban J connectivity index is 2.34. The molecule has 5 heteroatoms. The summed E-state index contributed by atoms with van der Waals surface area (Å²) in [5.41, 5.74) is 1.03. The van der Waals surface area contributed by atoms with E-state index in [1.807, 2.05) is 31.3 Å². The molecule has 0 aliphatic carbocycles. The number of halogens is 1. The van der Waals surface area contributed by atoms with E-state index in [1.54, 1.807) is 0 Å². The van der Waals surface area contributed by atoms with Gasteiger partial charge in [-0.1, -0.05) is 28.1 Å². The van der Waals surface area contributed by atoms with E-state index in [2.05, 4.69) is 30.6 Å². The van der Waals surface area contributed by atoms with E-state index in [0.717, 1.165) is 21.0 Å². The standard InChI is InChI=1S/C9H8BrN3S/c1-11-9-12-8(13-14-9)6-2-4-7(10)5-3-6/h2-5H,1H3,(H,11,12,13). The molecule has 14 heavy (non-hydrogen) atoms. The summed E-state index contributed by atoms with van der Waals surface area (Å²) >= 11 is 4.75. The average molecular weight is 270 g/mol. The van der Waals surface area contributed by atoms with Crippen LogP contribution in [0.4, 0.5) is 5.13 Å². The van der Waals surface area contributed by atoms with E-state index in [4.69, 9.17) is 0 Å². The lowest BCUT2D eigenvalue weighted by atomic mass is 10.2.